The molecule has 0 saturated carbocycles. The summed E-state index contributed by atoms with van der Waals surface area (Å²) < 4.78 is 0. The number of likely N-dealkylation sites (tertiary alicyclic amines) is 3. The lowest BCUT2D eigenvalue weighted by molar-refractivity contribution is -0.150. The van der Waals surface area contributed by atoms with Crippen LogP contribution < -0.4 is 0 Å². The first kappa shape index (κ1) is 37.2. The smallest absolute Gasteiger partial charge is 0.408 e. The number of carboxylic acid groups (broad SMARTS) is 1. The van der Waals surface area contributed by atoms with Crippen molar-refractivity contribution in [3.63, 3.8) is 0 Å². The van der Waals surface area contributed by atoms with Gasteiger partial charge in [-0.2, -0.15) is 0 Å². The van der Waals surface area contributed by atoms with E-state index < -0.39 is 11.6 Å². The summed E-state index contributed by atoms with van der Waals surface area (Å²) in [6, 6.07) is 26.2. The molecule has 5 aromatic rings. The lowest BCUT2D eigenvalue weighted by atomic mass is 9.85. The van der Waals surface area contributed by atoms with Crippen LogP contribution in [0.1, 0.15) is 88.2 Å². The molecule has 3 saturated heterocycles. The van der Waals surface area contributed by atoms with Gasteiger partial charge < -0.3 is 24.9 Å². The lowest BCUT2D eigenvalue weighted by Crippen LogP contribution is -2.67. The van der Waals surface area contributed by atoms with Gasteiger partial charge in [0.25, 0.3) is 0 Å². The largest absolute Gasteiger partial charge is 0.465 e. The highest BCUT2D eigenvalue weighted by molar-refractivity contribution is 5.91. The fraction of sp³-hybridized carbons (Fsp3) is 0.386. The Morgan fingerprint density at radius 1 is 0.750 bits per heavy atom. The number of nitrogens with one attached hydrogen (secondary N) is 2. The van der Waals surface area contributed by atoms with Crippen LogP contribution in [0.4, 0.5) is 4.79 Å². The standard InChI is InChI=1S/C44H50N8O4/c1-4-49(5-2)38(33-11-7-6-8-12-33)41(53)50-24-9-13-36(50)39-45-27-34(47-39)31-19-15-29(16-20-31)30-17-21-32(22-18-30)35-28-46-40(48-35)37-14-10-25-51(37)42(54)44(3)23-26-52(44)43(55)56/h6-8,11-12,15-22,27-28,36-38H,4-5,9-10,13-14,23-26H2,1-3H3,(H,45,47)(H,46,48)(H,55,56)/t36-,37-,38+,44-/m0/s1. The molecule has 0 bridgehead atoms. The van der Waals surface area contributed by atoms with Crippen molar-refractivity contribution in [3.05, 3.63) is 108 Å². The first-order valence-corrected chi connectivity index (χ1v) is 19.9. The number of aromatic nitrogens is 4. The number of likely N-dealkylation sites (N-methyl/N-ethyl adjacent to an activating group) is 1. The van der Waals surface area contributed by atoms with E-state index in [-0.39, 0.29) is 29.9 Å². The number of aromatic amines is 2. The number of hydrogen-bond donors (Lipinski definition) is 3. The van der Waals surface area contributed by atoms with Crippen LogP contribution in [0, 0.1) is 0 Å². The number of carbonyl (C=O) groups excluding carboxylic acids is 2. The zero-order chi connectivity index (χ0) is 39.0. The Balaban J connectivity index is 0.932. The van der Waals surface area contributed by atoms with Gasteiger partial charge in [-0.15, -0.1) is 0 Å². The molecule has 12 heteroatoms. The minimum Gasteiger partial charge on any atom is -0.465 e. The molecule has 290 valence electrons. The van der Waals surface area contributed by atoms with E-state index in [2.05, 4.69) is 94.4 Å². The Labute approximate surface area is 327 Å². The second kappa shape index (κ2) is 15.4. The number of amides is 3. The molecule has 12 nitrogen and oxygen atoms in total. The molecule has 4 atom stereocenters. The van der Waals surface area contributed by atoms with Crippen molar-refractivity contribution in [2.75, 3.05) is 32.7 Å². The van der Waals surface area contributed by atoms with Crippen molar-refractivity contribution in [3.8, 4) is 33.6 Å². The van der Waals surface area contributed by atoms with Gasteiger partial charge >= 0.3 is 6.09 Å². The number of hydrogen-bond acceptors (Lipinski definition) is 6. The van der Waals surface area contributed by atoms with Crippen LogP contribution in [0.25, 0.3) is 33.6 Å². The average Bonchev–Trinajstić information content (AvgIpc) is 4.06. The van der Waals surface area contributed by atoms with Gasteiger partial charge in [0.1, 0.15) is 23.2 Å². The van der Waals surface area contributed by atoms with Crippen molar-refractivity contribution < 1.29 is 19.5 Å². The van der Waals surface area contributed by atoms with E-state index >= 15 is 0 Å². The predicted octanol–water partition coefficient (Wildman–Crippen LogP) is 7.69. The third kappa shape index (κ3) is 6.76. The Morgan fingerprint density at radius 3 is 1.73 bits per heavy atom. The van der Waals surface area contributed by atoms with E-state index in [1.807, 2.05) is 29.3 Å². The fourth-order valence-electron chi connectivity index (χ4n) is 8.89. The minimum absolute atomic E-state index is 0.0955. The van der Waals surface area contributed by atoms with Crippen LogP contribution in [0.5, 0.6) is 0 Å². The molecule has 3 fully saturated rings. The van der Waals surface area contributed by atoms with Gasteiger partial charge in [0.2, 0.25) is 11.8 Å². The maximum absolute atomic E-state index is 14.2. The van der Waals surface area contributed by atoms with Crippen molar-refractivity contribution in [1.82, 2.24) is 39.5 Å². The highest BCUT2D eigenvalue weighted by Gasteiger charge is 2.53. The van der Waals surface area contributed by atoms with Crippen LogP contribution in [-0.4, -0.2) is 101 Å². The Kier molecular flexibility index (Phi) is 10.2. The normalized spacial score (nSPS) is 21.4. The number of nitrogens with zero attached hydrogens (tertiary/aromatic N) is 6. The molecule has 3 N–H and O–H groups in total. The molecule has 5 heterocycles. The molecule has 3 amide bonds. The van der Waals surface area contributed by atoms with Gasteiger partial charge in [-0.25, -0.2) is 14.8 Å². The molecular formula is C44H50N8O4. The quantitative estimate of drug-likeness (QED) is 0.126. The van der Waals surface area contributed by atoms with E-state index in [4.69, 9.17) is 4.98 Å². The zero-order valence-electron chi connectivity index (χ0n) is 32.3. The number of benzene rings is 3. The number of imidazole rings is 2. The summed E-state index contributed by atoms with van der Waals surface area (Å²) in [5.74, 6) is 1.53. The summed E-state index contributed by atoms with van der Waals surface area (Å²) in [5, 5.41) is 9.57. The summed E-state index contributed by atoms with van der Waals surface area (Å²) in [6.07, 6.45) is 6.59. The summed E-state index contributed by atoms with van der Waals surface area (Å²) in [6.45, 7) is 9.21. The number of rotatable bonds is 11. The molecule has 2 aromatic heterocycles. The van der Waals surface area contributed by atoms with Gasteiger partial charge in [0, 0.05) is 19.6 Å². The van der Waals surface area contributed by atoms with Crippen LogP contribution in [0.3, 0.4) is 0 Å². The maximum Gasteiger partial charge on any atom is 0.408 e. The van der Waals surface area contributed by atoms with E-state index in [0.29, 0.717) is 26.1 Å². The lowest BCUT2D eigenvalue weighted by Gasteiger charge is -2.49. The molecule has 3 aliphatic rings. The maximum atomic E-state index is 14.2. The minimum atomic E-state index is -1.06. The number of H-pyrrole nitrogens is 2. The summed E-state index contributed by atoms with van der Waals surface area (Å²) >= 11 is 0. The summed E-state index contributed by atoms with van der Waals surface area (Å²) in [4.78, 5) is 63.2. The molecule has 8 rings (SSSR count). The average molecular weight is 755 g/mol. The number of carbonyl (C=O) groups is 3. The van der Waals surface area contributed by atoms with Crippen LogP contribution in [0.15, 0.2) is 91.3 Å². The van der Waals surface area contributed by atoms with Gasteiger partial charge in [0.05, 0.1) is 35.9 Å². The first-order valence-electron chi connectivity index (χ1n) is 19.9. The monoisotopic (exact) mass is 754 g/mol. The third-order valence-corrected chi connectivity index (χ3v) is 12.2. The van der Waals surface area contributed by atoms with E-state index in [9.17, 15) is 19.5 Å². The van der Waals surface area contributed by atoms with E-state index in [0.717, 1.165) is 89.6 Å². The van der Waals surface area contributed by atoms with Crippen LogP contribution in [0.2, 0.25) is 0 Å². The Morgan fingerprint density at radius 2 is 1.25 bits per heavy atom. The zero-order valence-corrected chi connectivity index (χ0v) is 32.3. The van der Waals surface area contributed by atoms with Gasteiger partial charge in [0.15, 0.2) is 0 Å². The molecule has 0 unspecified atom stereocenters. The van der Waals surface area contributed by atoms with Gasteiger partial charge in [-0.05, 0) is 79.9 Å². The fourth-order valence-corrected chi connectivity index (χ4v) is 8.89. The van der Waals surface area contributed by atoms with Gasteiger partial charge in [-0.3, -0.25) is 19.4 Å². The van der Waals surface area contributed by atoms with Crippen LogP contribution in [-0.2, 0) is 9.59 Å². The van der Waals surface area contributed by atoms with Crippen molar-refractivity contribution in [1.29, 1.82) is 0 Å². The Bertz CT molecular complexity index is 2180. The van der Waals surface area contributed by atoms with Crippen molar-refractivity contribution in [2.24, 2.45) is 0 Å². The topological polar surface area (TPSA) is 142 Å². The predicted molar refractivity (Wildman–Crippen MR) is 214 cm³/mol. The van der Waals surface area contributed by atoms with Gasteiger partial charge in [-0.1, -0.05) is 92.7 Å². The molecule has 56 heavy (non-hydrogen) atoms. The molecule has 0 radical (unpaired) electrons. The van der Waals surface area contributed by atoms with Crippen LogP contribution >= 0.6 is 0 Å². The molecule has 0 aliphatic carbocycles. The molecule has 3 aromatic carbocycles. The third-order valence-electron chi connectivity index (χ3n) is 12.2. The second-order valence-electron chi connectivity index (χ2n) is 15.4. The summed E-state index contributed by atoms with van der Waals surface area (Å²) in [5.41, 5.74) is 5.96. The second-order valence-corrected chi connectivity index (χ2v) is 15.4. The van der Waals surface area contributed by atoms with Crippen molar-refractivity contribution in [2.45, 2.75) is 76.5 Å². The highest BCUT2D eigenvalue weighted by Crippen LogP contribution is 2.40. The van der Waals surface area contributed by atoms with Crippen molar-refractivity contribution >= 4 is 17.9 Å². The Hall–Kier alpha value is -5.75. The molecule has 0 spiro atoms. The highest BCUT2D eigenvalue weighted by atomic mass is 16.4. The SMILES string of the molecule is CCN(CC)[C@@H](C(=O)N1CCC[C@H]1c1ncc(-c2ccc(-c3ccc(-c4cnc([C@@H]5CCCN5C(=O)[C@]5(C)CCN5C(=O)O)[nH]4)cc3)cc2)[nH]1)c1ccccc1. The van der Waals surface area contributed by atoms with E-state index in [1.54, 1.807) is 18.0 Å². The molecular weight excluding hydrogens is 705 g/mol. The van der Waals surface area contributed by atoms with E-state index in [1.165, 1.54) is 4.90 Å². The molecule has 3 aliphatic heterocycles. The first-order chi connectivity index (χ1) is 27.2. The summed E-state index contributed by atoms with van der Waals surface area (Å²) in [7, 11) is 0.